The van der Waals surface area contributed by atoms with Crippen molar-refractivity contribution in [2.24, 2.45) is 0 Å². The fourth-order valence-electron chi connectivity index (χ4n) is 1.01. The van der Waals surface area contributed by atoms with Crippen LogP contribution in [0, 0.1) is 6.92 Å². The molecule has 0 saturated carbocycles. The van der Waals surface area contributed by atoms with Crippen LogP contribution >= 0.6 is 22.0 Å². The smallest absolute Gasteiger partial charge is 0.302 e. The molecule has 0 unspecified atom stereocenters. The highest BCUT2D eigenvalue weighted by atomic mass is 35.7. The highest BCUT2D eigenvalue weighted by molar-refractivity contribution is 8.15. The standard InChI is InChI=1S/C7H6ClF3N2O3S2/c1-3-5(18(8,15)16)17-6(12-3)13-4(14)2-7(9,10)11/h2H2,1H3,(H,12,13,14). The summed E-state index contributed by atoms with van der Waals surface area (Å²) in [5, 5.41) is 1.61. The van der Waals surface area contributed by atoms with Gasteiger partial charge < -0.3 is 5.32 Å². The number of nitrogens with zero attached hydrogens (tertiary/aromatic N) is 1. The van der Waals surface area contributed by atoms with Crippen LogP contribution < -0.4 is 5.32 Å². The predicted molar refractivity (Wildman–Crippen MR) is 59.2 cm³/mol. The van der Waals surface area contributed by atoms with E-state index in [2.05, 4.69) is 4.98 Å². The van der Waals surface area contributed by atoms with E-state index in [0.717, 1.165) is 0 Å². The Bertz CT molecular complexity index is 567. The van der Waals surface area contributed by atoms with Gasteiger partial charge in [0.1, 0.15) is 6.42 Å². The lowest BCUT2D eigenvalue weighted by atomic mass is 10.4. The summed E-state index contributed by atoms with van der Waals surface area (Å²) in [5.74, 6) is -1.32. The maximum atomic E-state index is 11.9. The molecule has 0 aliphatic carbocycles. The second-order valence-electron chi connectivity index (χ2n) is 3.17. The SMILES string of the molecule is Cc1nc(NC(=O)CC(F)(F)F)sc1S(=O)(=O)Cl. The van der Waals surface area contributed by atoms with Crippen LogP contribution in [0.4, 0.5) is 18.3 Å². The molecule has 1 aromatic rings. The van der Waals surface area contributed by atoms with E-state index in [-0.39, 0.29) is 15.0 Å². The number of hydrogen-bond donors (Lipinski definition) is 1. The molecule has 0 aliphatic heterocycles. The summed E-state index contributed by atoms with van der Waals surface area (Å²) in [7, 11) is 1.04. The first kappa shape index (κ1) is 15.2. The van der Waals surface area contributed by atoms with Gasteiger partial charge in [0, 0.05) is 10.7 Å². The van der Waals surface area contributed by atoms with E-state index < -0.39 is 27.6 Å². The van der Waals surface area contributed by atoms with Crippen LogP contribution in [-0.2, 0) is 13.8 Å². The summed E-state index contributed by atoms with van der Waals surface area (Å²) in [6.07, 6.45) is -6.31. The molecule has 0 atom stereocenters. The molecular weight excluding hydrogens is 317 g/mol. The van der Waals surface area contributed by atoms with Gasteiger partial charge in [0.05, 0.1) is 5.69 Å². The Labute approximate surface area is 108 Å². The van der Waals surface area contributed by atoms with Crippen molar-refractivity contribution in [3.63, 3.8) is 0 Å². The van der Waals surface area contributed by atoms with Crippen molar-refractivity contribution >= 4 is 42.1 Å². The van der Waals surface area contributed by atoms with Gasteiger partial charge in [-0.3, -0.25) is 4.79 Å². The van der Waals surface area contributed by atoms with Gasteiger partial charge in [-0.05, 0) is 6.92 Å². The number of aromatic nitrogens is 1. The van der Waals surface area contributed by atoms with Crippen LogP contribution in [0.5, 0.6) is 0 Å². The second-order valence-corrected chi connectivity index (χ2v) is 6.93. The van der Waals surface area contributed by atoms with Crippen molar-refractivity contribution in [3.8, 4) is 0 Å². The predicted octanol–water partition coefficient (Wildman–Crippen LogP) is 2.27. The number of hydrogen-bond acceptors (Lipinski definition) is 5. The molecule has 11 heteroatoms. The van der Waals surface area contributed by atoms with Gasteiger partial charge in [0.2, 0.25) is 5.91 Å². The number of amides is 1. The van der Waals surface area contributed by atoms with Crippen molar-refractivity contribution in [1.82, 2.24) is 4.98 Å². The number of carbonyl (C=O) groups excluding carboxylic acids is 1. The molecule has 0 fully saturated rings. The average Bonchev–Trinajstić information content (AvgIpc) is 2.41. The molecule has 1 heterocycles. The van der Waals surface area contributed by atoms with Gasteiger partial charge in [0.25, 0.3) is 9.05 Å². The molecule has 102 valence electrons. The van der Waals surface area contributed by atoms with E-state index in [1.54, 1.807) is 0 Å². The van der Waals surface area contributed by atoms with E-state index >= 15 is 0 Å². The fraction of sp³-hybridized carbons (Fsp3) is 0.429. The Morgan fingerprint density at radius 1 is 1.50 bits per heavy atom. The number of alkyl halides is 3. The van der Waals surface area contributed by atoms with E-state index in [4.69, 9.17) is 10.7 Å². The quantitative estimate of drug-likeness (QED) is 0.866. The van der Waals surface area contributed by atoms with Gasteiger partial charge in [-0.2, -0.15) is 13.2 Å². The Morgan fingerprint density at radius 2 is 2.06 bits per heavy atom. The molecule has 0 bridgehead atoms. The fourth-order valence-corrected chi connectivity index (χ4v) is 3.38. The number of rotatable bonds is 3. The summed E-state index contributed by atoms with van der Waals surface area (Å²) in [5.41, 5.74) is 0.0114. The Hall–Kier alpha value is -0.870. The van der Waals surface area contributed by atoms with Crippen molar-refractivity contribution in [2.75, 3.05) is 5.32 Å². The first-order valence-corrected chi connectivity index (χ1v) is 7.40. The summed E-state index contributed by atoms with van der Waals surface area (Å²) in [6, 6.07) is 0. The molecule has 0 saturated heterocycles. The first-order valence-electron chi connectivity index (χ1n) is 4.28. The largest absolute Gasteiger partial charge is 0.397 e. The van der Waals surface area contributed by atoms with Gasteiger partial charge in [-0.15, -0.1) is 0 Å². The van der Waals surface area contributed by atoms with E-state index in [1.807, 2.05) is 5.32 Å². The van der Waals surface area contributed by atoms with Crippen molar-refractivity contribution in [3.05, 3.63) is 5.69 Å². The zero-order valence-corrected chi connectivity index (χ0v) is 11.1. The monoisotopic (exact) mass is 322 g/mol. The van der Waals surface area contributed by atoms with Gasteiger partial charge in [-0.1, -0.05) is 11.3 Å². The van der Waals surface area contributed by atoms with Crippen LogP contribution in [0.1, 0.15) is 12.1 Å². The van der Waals surface area contributed by atoms with Crippen molar-refractivity contribution in [1.29, 1.82) is 0 Å². The highest BCUT2D eigenvalue weighted by Crippen LogP contribution is 2.30. The van der Waals surface area contributed by atoms with Gasteiger partial charge in [-0.25, -0.2) is 13.4 Å². The molecule has 18 heavy (non-hydrogen) atoms. The van der Waals surface area contributed by atoms with Crippen molar-refractivity contribution < 1.29 is 26.4 Å². The maximum Gasteiger partial charge on any atom is 0.397 e. The molecule has 1 N–H and O–H groups in total. The molecule has 5 nitrogen and oxygen atoms in total. The zero-order chi connectivity index (χ0) is 14.1. The van der Waals surface area contributed by atoms with Crippen LogP contribution in [0.2, 0.25) is 0 Å². The number of nitrogens with one attached hydrogen (secondary N) is 1. The molecule has 1 amide bonds. The number of carbonyl (C=O) groups is 1. The maximum absolute atomic E-state index is 11.9. The molecule has 1 rings (SSSR count). The Morgan fingerprint density at radius 3 is 2.44 bits per heavy atom. The number of aryl methyl sites for hydroxylation is 1. The third kappa shape index (κ3) is 4.42. The van der Waals surface area contributed by atoms with Gasteiger partial charge in [0.15, 0.2) is 9.34 Å². The van der Waals surface area contributed by atoms with E-state index in [1.165, 1.54) is 6.92 Å². The molecule has 1 aromatic heterocycles. The Kier molecular flexibility index (Phi) is 4.23. The molecular formula is C7H6ClF3N2O3S2. The molecule has 0 aliphatic rings. The van der Waals surface area contributed by atoms with Crippen LogP contribution in [0.25, 0.3) is 0 Å². The number of halogens is 4. The van der Waals surface area contributed by atoms with Crippen LogP contribution in [0.15, 0.2) is 4.21 Å². The average molecular weight is 323 g/mol. The lowest BCUT2D eigenvalue weighted by molar-refractivity contribution is -0.150. The minimum absolute atomic E-state index is 0.0114. The van der Waals surface area contributed by atoms with E-state index in [0.29, 0.717) is 11.3 Å². The first-order chi connectivity index (χ1) is 7.99. The zero-order valence-electron chi connectivity index (χ0n) is 8.71. The minimum Gasteiger partial charge on any atom is -0.302 e. The highest BCUT2D eigenvalue weighted by Gasteiger charge is 2.31. The van der Waals surface area contributed by atoms with Crippen LogP contribution in [-0.4, -0.2) is 25.5 Å². The topological polar surface area (TPSA) is 76.1 Å². The van der Waals surface area contributed by atoms with E-state index in [9.17, 15) is 26.4 Å². The minimum atomic E-state index is -4.64. The van der Waals surface area contributed by atoms with Crippen molar-refractivity contribution in [2.45, 2.75) is 23.7 Å². The lowest BCUT2D eigenvalue weighted by Gasteiger charge is -2.04. The second kappa shape index (κ2) is 5.02. The normalized spacial score (nSPS) is 12.5. The lowest BCUT2D eigenvalue weighted by Crippen LogP contribution is -2.21. The molecule has 0 radical (unpaired) electrons. The summed E-state index contributed by atoms with van der Waals surface area (Å²) >= 11 is 0.490. The third-order valence-corrected chi connectivity index (χ3v) is 4.83. The van der Waals surface area contributed by atoms with Gasteiger partial charge >= 0.3 is 6.18 Å². The number of anilines is 1. The molecule has 0 spiro atoms. The summed E-state index contributed by atoms with van der Waals surface area (Å²) in [6.45, 7) is 1.31. The summed E-state index contributed by atoms with van der Waals surface area (Å²) < 4.78 is 57.4. The van der Waals surface area contributed by atoms with Crippen LogP contribution in [0.3, 0.4) is 0 Å². The number of thiazole rings is 1. The third-order valence-electron chi connectivity index (χ3n) is 1.58. The Balaban J connectivity index is 2.85. The molecule has 0 aromatic carbocycles. The summed E-state index contributed by atoms with van der Waals surface area (Å²) in [4.78, 5) is 14.6.